The van der Waals surface area contributed by atoms with Gasteiger partial charge in [0.2, 0.25) is 5.91 Å². The maximum Gasteiger partial charge on any atom is 0.311 e. The molecule has 0 spiro atoms. The summed E-state index contributed by atoms with van der Waals surface area (Å²) in [5, 5.41) is 12.0. The molecule has 1 rings (SSSR count). The van der Waals surface area contributed by atoms with Crippen molar-refractivity contribution >= 4 is 11.9 Å². The van der Waals surface area contributed by atoms with Gasteiger partial charge in [0.1, 0.15) is 0 Å². The van der Waals surface area contributed by atoms with Gasteiger partial charge < -0.3 is 10.4 Å². The molecular weight excluding hydrogens is 206 g/mol. The van der Waals surface area contributed by atoms with Crippen molar-refractivity contribution in [3.63, 3.8) is 0 Å². The van der Waals surface area contributed by atoms with Crippen LogP contribution in [0.1, 0.15) is 40.0 Å². The van der Waals surface area contributed by atoms with E-state index < -0.39 is 11.4 Å². The van der Waals surface area contributed by atoms with E-state index in [4.69, 9.17) is 0 Å². The maximum atomic E-state index is 11.5. The predicted octanol–water partition coefficient (Wildman–Crippen LogP) is 1.71. The molecule has 0 saturated heterocycles. The maximum absolute atomic E-state index is 11.5. The Balaban J connectivity index is 2.71. The predicted molar refractivity (Wildman–Crippen MR) is 61.0 cm³/mol. The van der Waals surface area contributed by atoms with Gasteiger partial charge in [0.05, 0.1) is 5.41 Å². The molecule has 1 aliphatic carbocycles. The molecule has 16 heavy (non-hydrogen) atoms. The third-order valence-corrected chi connectivity index (χ3v) is 3.18. The number of carbonyl (C=O) groups excluding carboxylic acids is 1. The van der Waals surface area contributed by atoms with E-state index in [1.165, 1.54) is 6.08 Å². The molecule has 1 fully saturated rings. The van der Waals surface area contributed by atoms with Crippen LogP contribution in [0.3, 0.4) is 0 Å². The Morgan fingerprint density at radius 3 is 2.56 bits per heavy atom. The zero-order chi connectivity index (χ0) is 12.3. The van der Waals surface area contributed by atoms with Gasteiger partial charge in [0.25, 0.3) is 0 Å². The summed E-state index contributed by atoms with van der Waals surface area (Å²) in [6, 6.07) is -0.256. The van der Waals surface area contributed by atoms with Crippen LogP contribution < -0.4 is 5.32 Å². The van der Waals surface area contributed by atoms with Crippen LogP contribution >= 0.6 is 0 Å². The molecule has 0 aromatic heterocycles. The van der Waals surface area contributed by atoms with Crippen LogP contribution in [-0.4, -0.2) is 23.0 Å². The largest absolute Gasteiger partial charge is 0.481 e. The zero-order valence-corrected chi connectivity index (χ0v) is 10.0. The highest BCUT2D eigenvalue weighted by Crippen LogP contribution is 2.38. The van der Waals surface area contributed by atoms with Crippen LogP contribution in [-0.2, 0) is 9.59 Å². The van der Waals surface area contributed by atoms with E-state index in [1.807, 2.05) is 13.8 Å². The average Bonchev–Trinajstić information content (AvgIpc) is 2.47. The molecule has 0 aromatic rings. The number of carboxylic acids is 1. The minimum atomic E-state index is -0.826. The standard InChI is InChI=1S/C12H19NO3/c1-8(2)7-10(14)13-9-5-4-6-12(9,3)11(15)16/h7,9H,4-6H2,1-3H3,(H,13,14)(H,15,16). The van der Waals surface area contributed by atoms with Crippen LogP contribution in [0.15, 0.2) is 11.6 Å². The van der Waals surface area contributed by atoms with Crippen LogP contribution in [0.25, 0.3) is 0 Å². The Bertz CT molecular complexity index is 331. The highest BCUT2D eigenvalue weighted by atomic mass is 16.4. The first-order valence-corrected chi connectivity index (χ1v) is 5.55. The summed E-state index contributed by atoms with van der Waals surface area (Å²) in [5.74, 6) is -1.02. The third kappa shape index (κ3) is 2.62. The van der Waals surface area contributed by atoms with Crippen LogP contribution in [0.5, 0.6) is 0 Å². The lowest BCUT2D eigenvalue weighted by molar-refractivity contribution is -0.148. The number of nitrogens with one attached hydrogen (secondary N) is 1. The van der Waals surface area contributed by atoms with Crippen molar-refractivity contribution in [2.75, 3.05) is 0 Å². The molecule has 1 amide bonds. The number of amides is 1. The molecule has 90 valence electrons. The van der Waals surface area contributed by atoms with E-state index in [-0.39, 0.29) is 11.9 Å². The first-order chi connectivity index (χ1) is 7.36. The lowest BCUT2D eigenvalue weighted by atomic mass is 9.85. The number of aliphatic carboxylic acids is 1. The number of hydrogen-bond acceptors (Lipinski definition) is 2. The molecule has 0 radical (unpaired) electrons. The number of carbonyl (C=O) groups is 2. The summed E-state index contributed by atoms with van der Waals surface area (Å²) in [7, 11) is 0. The van der Waals surface area contributed by atoms with Crippen molar-refractivity contribution < 1.29 is 14.7 Å². The Morgan fingerprint density at radius 1 is 1.44 bits per heavy atom. The van der Waals surface area contributed by atoms with Gasteiger partial charge >= 0.3 is 5.97 Å². The van der Waals surface area contributed by atoms with E-state index in [1.54, 1.807) is 6.92 Å². The van der Waals surface area contributed by atoms with Gasteiger partial charge in [-0.2, -0.15) is 0 Å². The molecule has 0 heterocycles. The van der Waals surface area contributed by atoms with E-state index in [0.717, 1.165) is 18.4 Å². The fourth-order valence-corrected chi connectivity index (χ4v) is 2.13. The van der Waals surface area contributed by atoms with Crippen molar-refractivity contribution in [2.45, 2.75) is 46.1 Å². The van der Waals surface area contributed by atoms with Crippen molar-refractivity contribution in [2.24, 2.45) is 5.41 Å². The summed E-state index contributed by atoms with van der Waals surface area (Å²) >= 11 is 0. The Hall–Kier alpha value is -1.32. The van der Waals surface area contributed by atoms with Gasteiger partial charge in [-0.3, -0.25) is 9.59 Å². The smallest absolute Gasteiger partial charge is 0.311 e. The Labute approximate surface area is 95.7 Å². The van der Waals surface area contributed by atoms with Gasteiger partial charge in [0, 0.05) is 12.1 Å². The second kappa shape index (κ2) is 4.68. The summed E-state index contributed by atoms with van der Waals surface area (Å²) in [6.45, 7) is 5.38. The molecule has 2 atom stereocenters. The SMILES string of the molecule is CC(C)=CC(=O)NC1CCCC1(C)C(=O)O. The average molecular weight is 225 g/mol. The molecule has 2 unspecified atom stereocenters. The molecule has 4 nitrogen and oxygen atoms in total. The Morgan fingerprint density at radius 2 is 2.06 bits per heavy atom. The van der Waals surface area contributed by atoms with Gasteiger partial charge in [-0.05, 0) is 33.6 Å². The minimum Gasteiger partial charge on any atom is -0.481 e. The van der Waals surface area contributed by atoms with Crippen LogP contribution in [0.2, 0.25) is 0 Å². The molecular formula is C12H19NO3. The molecule has 0 bridgehead atoms. The van der Waals surface area contributed by atoms with Crippen molar-refractivity contribution in [3.8, 4) is 0 Å². The van der Waals surface area contributed by atoms with Gasteiger partial charge in [-0.15, -0.1) is 0 Å². The van der Waals surface area contributed by atoms with Crippen LogP contribution in [0.4, 0.5) is 0 Å². The summed E-state index contributed by atoms with van der Waals surface area (Å²) in [5.41, 5.74) is 0.0954. The molecule has 1 saturated carbocycles. The highest BCUT2D eigenvalue weighted by Gasteiger charge is 2.45. The minimum absolute atomic E-state index is 0.195. The van der Waals surface area contributed by atoms with Crippen LogP contribution in [0, 0.1) is 5.41 Å². The van der Waals surface area contributed by atoms with Gasteiger partial charge in [0.15, 0.2) is 0 Å². The highest BCUT2D eigenvalue weighted by molar-refractivity contribution is 5.89. The fraction of sp³-hybridized carbons (Fsp3) is 0.667. The molecule has 4 heteroatoms. The van der Waals surface area contributed by atoms with Crippen molar-refractivity contribution in [1.29, 1.82) is 0 Å². The fourth-order valence-electron chi connectivity index (χ4n) is 2.13. The second-order valence-electron chi connectivity index (χ2n) is 4.90. The summed E-state index contributed by atoms with van der Waals surface area (Å²) in [4.78, 5) is 22.7. The molecule has 2 N–H and O–H groups in total. The first-order valence-electron chi connectivity index (χ1n) is 5.55. The number of carboxylic acid groups (broad SMARTS) is 1. The molecule has 0 aliphatic heterocycles. The van der Waals surface area contributed by atoms with E-state index >= 15 is 0 Å². The first kappa shape index (κ1) is 12.7. The monoisotopic (exact) mass is 225 g/mol. The molecule has 0 aromatic carbocycles. The quantitative estimate of drug-likeness (QED) is 0.718. The summed E-state index contributed by atoms with van der Waals surface area (Å²) in [6.07, 6.45) is 3.72. The zero-order valence-electron chi connectivity index (χ0n) is 10.0. The second-order valence-corrected chi connectivity index (χ2v) is 4.90. The number of rotatable bonds is 3. The van der Waals surface area contributed by atoms with E-state index in [0.29, 0.717) is 6.42 Å². The molecule has 1 aliphatic rings. The summed E-state index contributed by atoms with van der Waals surface area (Å²) < 4.78 is 0. The Kier molecular flexibility index (Phi) is 3.73. The van der Waals surface area contributed by atoms with E-state index in [9.17, 15) is 14.7 Å². The normalized spacial score (nSPS) is 28.6. The lowest BCUT2D eigenvalue weighted by Crippen LogP contribution is -2.46. The third-order valence-electron chi connectivity index (χ3n) is 3.18. The van der Waals surface area contributed by atoms with Gasteiger partial charge in [-0.1, -0.05) is 12.0 Å². The topological polar surface area (TPSA) is 66.4 Å². The van der Waals surface area contributed by atoms with E-state index in [2.05, 4.69) is 5.32 Å². The number of hydrogen-bond donors (Lipinski definition) is 2. The van der Waals surface area contributed by atoms with Gasteiger partial charge in [-0.25, -0.2) is 0 Å². The van der Waals surface area contributed by atoms with Crippen molar-refractivity contribution in [1.82, 2.24) is 5.32 Å². The van der Waals surface area contributed by atoms with Crippen molar-refractivity contribution in [3.05, 3.63) is 11.6 Å². The lowest BCUT2D eigenvalue weighted by Gasteiger charge is -2.27. The number of allylic oxidation sites excluding steroid dienone is 1.